The summed E-state index contributed by atoms with van der Waals surface area (Å²) >= 11 is 12.7. The minimum Gasteiger partial charge on any atom is -0.396 e. The summed E-state index contributed by atoms with van der Waals surface area (Å²) in [5.74, 6) is 0.907. The minimum absolute atomic E-state index is 0.0353. The maximum Gasteiger partial charge on any atom is 0.312 e. The van der Waals surface area contributed by atoms with E-state index in [9.17, 15) is 20.2 Å². The van der Waals surface area contributed by atoms with Gasteiger partial charge in [0.15, 0.2) is 5.65 Å². The lowest BCUT2D eigenvalue weighted by atomic mass is 10.4. The van der Waals surface area contributed by atoms with E-state index in [-0.39, 0.29) is 23.0 Å². The molecule has 5 aromatic rings. The minimum atomic E-state index is -0.576. The average molecular weight is 865 g/mol. The van der Waals surface area contributed by atoms with E-state index >= 15 is 0 Å². The van der Waals surface area contributed by atoms with Gasteiger partial charge in [-0.15, -0.1) is 5.10 Å². The van der Waals surface area contributed by atoms with Gasteiger partial charge in [0.2, 0.25) is 11.6 Å². The Morgan fingerprint density at radius 3 is 1.73 bits per heavy atom. The highest BCUT2D eigenvalue weighted by Crippen LogP contribution is 2.25. The lowest BCUT2D eigenvalue weighted by molar-refractivity contribution is -0.384. The number of nitrogen functional groups attached to an aromatic ring is 2. The summed E-state index contributed by atoms with van der Waals surface area (Å²) in [5.41, 5.74) is 12.8. The molecule has 0 aliphatic heterocycles. The third-order valence-corrected chi connectivity index (χ3v) is 6.59. The van der Waals surface area contributed by atoms with Crippen molar-refractivity contribution in [2.75, 3.05) is 36.2 Å². The Labute approximate surface area is 283 Å². The second-order valence-electron chi connectivity index (χ2n) is 7.89. The molecule has 0 bridgehead atoms. The van der Waals surface area contributed by atoms with Crippen molar-refractivity contribution in [2.45, 2.75) is 0 Å². The van der Waals surface area contributed by atoms with Crippen molar-refractivity contribution in [3.63, 3.8) is 0 Å². The summed E-state index contributed by atoms with van der Waals surface area (Å²) in [7, 11) is 5.19. The second kappa shape index (κ2) is 17.3. The largest absolute Gasteiger partial charge is 0.396 e. The first-order valence-corrected chi connectivity index (χ1v) is 14.9. The van der Waals surface area contributed by atoms with Crippen molar-refractivity contribution in [3.8, 4) is 0 Å². The van der Waals surface area contributed by atoms with Gasteiger partial charge in [-0.05, 0) is 75.9 Å². The van der Waals surface area contributed by atoms with E-state index in [1.807, 2.05) is 13.1 Å². The molecule has 0 aliphatic carbocycles. The van der Waals surface area contributed by atoms with Gasteiger partial charge in [-0.25, -0.2) is 24.6 Å². The molecule has 5 heterocycles. The number of rotatable bonds is 4. The van der Waals surface area contributed by atoms with Crippen LogP contribution in [0.25, 0.3) is 11.2 Å². The van der Waals surface area contributed by atoms with Crippen LogP contribution < -0.4 is 22.1 Å². The zero-order valence-electron chi connectivity index (χ0n) is 22.9. The first kappa shape index (κ1) is 36.1. The van der Waals surface area contributed by atoms with Crippen molar-refractivity contribution >= 4 is 109 Å². The molecule has 0 aliphatic rings. The van der Waals surface area contributed by atoms with Crippen molar-refractivity contribution in [3.05, 3.63) is 87.2 Å². The van der Waals surface area contributed by atoms with Crippen LogP contribution in [0.15, 0.2) is 66.9 Å². The maximum absolute atomic E-state index is 10.4. The maximum atomic E-state index is 10.4. The lowest BCUT2D eigenvalue weighted by Gasteiger charge is -2.01. The zero-order valence-corrected chi connectivity index (χ0v) is 29.3. The summed E-state index contributed by atoms with van der Waals surface area (Å²) in [6.07, 6.45) is 6.33. The normalized spacial score (nSPS) is 9.80. The second-order valence-corrected chi connectivity index (χ2v) is 11.6. The Hall–Kier alpha value is -4.08. The number of nitrogens with one attached hydrogen (secondary N) is 2. The number of anilines is 4. The monoisotopic (exact) mass is 861 g/mol. The molecular formula is C23H23Br4N13O4. The predicted octanol–water partition coefficient (Wildman–Crippen LogP) is 5.72. The van der Waals surface area contributed by atoms with Gasteiger partial charge in [-0.2, -0.15) is 0 Å². The molecule has 0 radical (unpaired) electrons. The first-order valence-electron chi connectivity index (χ1n) is 11.7. The summed E-state index contributed by atoms with van der Waals surface area (Å²) in [6.45, 7) is 0. The number of hydrogen-bond donors (Lipinski definition) is 4. The number of halogens is 4. The molecule has 5 aromatic heterocycles. The number of fused-ring (bicyclic) bond motifs is 1. The third-order valence-electron chi connectivity index (χ3n) is 4.86. The van der Waals surface area contributed by atoms with Crippen LogP contribution in [0.4, 0.5) is 34.5 Å². The number of nitrogens with two attached hydrogens (primary N) is 2. The summed E-state index contributed by atoms with van der Waals surface area (Å²) < 4.78 is 4.59. The molecular weight excluding hydrogens is 842 g/mol. The van der Waals surface area contributed by atoms with E-state index in [1.165, 1.54) is 24.5 Å². The number of nitrogens with zero attached hydrogens (tertiary/aromatic N) is 9. The fourth-order valence-electron chi connectivity index (χ4n) is 2.91. The molecule has 0 aromatic carbocycles. The van der Waals surface area contributed by atoms with Gasteiger partial charge >= 0.3 is 11.4 Å². The SMILES string of the molecule is CNc1ncc(Br)cc1N.CNc1ncc(Br)cc1[N+](=O)[O-].Cn1nnc2cc(Br)cnc21.Nc1ncc(Br)cc1[N+](=O)[O-]. The van der Waals surface area contributed by atoms with Crippen LogP contribution in [-0.2, 0) is 7.05 Å². The molecule has 0 amide bonds. The Morgan fingerprint density at radius 1 is 0.727 bits per heavy atom. The van der Waals surface area contributed by atoms with E-state index in [0.29, 0.717) is 20.5 Å². The number of nitro groups is 2. The Kier molecular flexibility index (Phi) is 14.2. The first-order chi connectivity index (χ1) is 20.8. The summed E-state index contributed by atoms with van der Waals surface area (Å²) in [5, 5.41) is 33.9. The standard InChI is InChI=1S/C6H5BrN4.C6H6BrN3O2.C6H8BrN3.C5H4BrN3O2/c1-11-6-5(9-10-11)2-4(7)3-8-6;1-8-6-5(10(11)12)2-4(7)3-9-6;1-9-6-5(8)2-4(7)3-10-6;6-3-1-4(9(10)11)5(7)8-2-3/h2-3H,1H3;2-3H,1H3,(H,8,9);2-3H,8H2,1H3,(H,9,10);1-2H,(H2,7,8). The van der Waals surface area contributed by atoms with Crippen LogP contribution in [0.3, 0.4) is 0 Å². The molecule has 44 heavy (non-hydrogen) atoms. The highest BCUT2D eigenvalue weighted by atomic mass is 79.9. The van der Waals surface area contributed by atoms with Crippen LogP contribution in [0.2, 0.25) is 0 Å². The Bertz CT molecular complexity index is 1760. The van der Waals surface area contributed by atoms with Gasteiger partial charge in [0.25, 0.3) is 0 Å². The highest BCUT2D eigenvalue weighted by Gasteiger charge is 2.14. The van der Waals surface area contributed by atoms with Crippen molar-refractivity contribution in [1.29, 1.82) is 0 Å². The van der Waals surface area contributed by atoms with E-state index in [2.05, 4.69) is 105 Å². The third kappa shape index (κ3) is 10.9. The summed E-state index contributed by atoms with van der Waals surface area (Å²) in [6, 6.07) is 6.40. The fourth-order valence-corrected chi connectivity index (χ4v) is 4.22. The molecule has 5 rings (SSSR count). The van der Waals surface area contributed by atoms with E-state index in [1.54, 1.807) is 37.2 Å². The van der Waals surface area contributed by atoms with Gasteiger partial charge in [-0.3, -0.25) is 20.2 Å². The Balaban J connectivity index is 0.000000205. The highest BCUT2D eigenvalue weighted by molar-refractivity contribution is 9.11. The number of aryl methyl sites for hydroxylation is 1. The van der Waals surface area contributed by atoms with Crippen LogP contribution in [-0.4, -0.2) is 58.9 Å². The van der Waals surface area contributed by atoms with Gasteiger partial charge in [0.05, 0.1) is 15.5 Å². The molecule has 0 fully saturated rings. The lowest BCUT2D eigenvalue weighted by Crippen LogP contribution is -1.98. The van der Waals surface area contributed by atoms with Crippen LogP contribution in [0.1, 0.15) is 0 Å². The van der Waals surface area contributed by atoms with E-state index < -0.39 is 9.85 Å². The average Bonchev–Trinajstić information content (AvgIpc) is 3.34. The quantitative estimate of drug-likeness (QED) is 0.125. The van der Waals surface area contributed by atoms with Crippen molar-refractivity contribution < 1.29 is 9.85 Å². The molecule has 232 valence electrons. The molecule has 0 saturated carbocycles. The molecule has 0 atom stereocenters. The molecule has 21 heteroatoms. The van der Waals surface area contributed by atoms with E-state index in [0.717, 1.165) is 20.1 Å². The van der Waals surface area contributed by atoms with E-state index in [4.69, 9.17) is 11.5 Å². The topological polar surface area (TPSA) is 245 Å². The molecule has 0 spiro atoms. The fraction of sp³-hybridized carbons (Fsp3) is 0.130. The predicted molar refractivity (Wildman–Crippen MR) is 181 cm³/mol. The molecule has 17 nitrogen and oxygen atoms in total. The smallest absolute Gasteiger partial charge is 0.312 e. The van der Waals surface area contributed by atoms with Crippen LogP contribution >= 0.6 is 63.7 Å². The van der Waals surface area contributed by atoms with Crippen LogP contribution in [0, 0.1) is 20.2 Å². The van der Waals surface area contributed by atoms with Crippen LogP contribution in [0.5, 0.6) is 0 Å². The van der Waals surface area contributed by atoms with Crippen molar-refractivity contribution in [2.24, 2.45) is 7.05 Å². The number of pyridine rings is 4. The summed E-state index contributed by atoms with van der Waals surface area (Å²) in [4.78, 5) is 35.2. The van der Waals surface area contributed by atoms with Gasteiger partial charge < -0.3 is 22.1 Å². The molecule has 6 N–H and O–H groups in total. The zero-order chi connectivity index (χ0) is 33.0. The van der Waals surface area contributed by atoms with Gasteiger partial charge in [0.1, 0.15) is 11.3 Å². The molecule has 0 saturated heterocycles. The molecule has 0 unspecified atom stereocenters. The van der Waals surface area contributed by atoms with Gasteiger partial charge in [0, 0.05) is 76.0 Å². The Morgan fingerprint density at radius 2 is 1.20 bits per heavy atom. The van der Waals surface area contributed by atoms with Gasteiger partial charge in [-0.1, -0.05) is 5.21 Å². The van der Waals surface area contributed by atoms with Crippen molar-refractivity contribution in [1.82, 2.24) is 34.9 Å². The number of aromatic nitrogens is 7. The number of hydrogen-bond acceptors (Lipinski definition) is 14.